The Labute approximate surface area is 137 Å². The van der Waals surface area contributed by atoms with Crippen molar-refractivity contribution < 1.29 is 17.6 Å². The minimum Gasteiger partial charge on any atom is -0.340 e. The van der Waals surface area contributed by atoms with E-state index in [9.17, 15) is 17.6 Å². The molecule has 7 heteroatoms. The molecule has 1 saturated heterocycles. The van der Waals surface area contributed by atoms with Gasteiger partial charge in [0, 0.05) is 32.6 Å². The number of carbonyl (C=O) groups is 1. The van der Waals surface area contributed by atoms with Crippen molar-refractivity contribution in [2.75, 3.05) is 31.9 Å². The molecule has 128 valence electrons. The van der Waals surface area contributed by atoms with Gasteiger partial charge in [-0.1, -0.05) is 19.1 Å². The van der Waals surface area contributed by atoms with Crippen LogP contribution in [0.25, 0.3) is 0 Å². The van der Waals surface area contributed by atoms with Crippen LogP contribution in [0.15, 0.2) is 24.3 Å². The minimum atomic E-state index is -3.18. The van der Waals surface area contributed by atoms with Gasteiger partial charge in [-0.15, -0.1) is 0 Å². The molecule has 0 saturated carbocycles. The highest BCUT2D eigenvalue weighted by Crippen LogP contribution is 2.12. The highest BCUT2D eigenvalue weighted by Gasteiger charge is 2.27. The maximum absolute atomic E-state index is 12.8. The summed E-state index contributed by atoms with van der Waals surface area (Å²) in [6, 6.07) is 6.13. The Balaban J connectivity index is 1.80. The van der Waals surface area contributed by atoms with Crippen molar-refractivity contribution in [1.29, 1.82) is 0 Å². The number of benzene rings is 1. The Morgan fingerprint density at radius 1 is 1.13 bits per heavy atom. The lowest BCUT2D eigenvalue weighted by molar-refractivity contribution is -0.132. The number of hydrogen-bond acceptors (Lipinski definition) is 3. The van der Waals surface area contributed by atoms with E-state index < -0.39 is 10.0 Å². The molecule has 1 aliphatic rings. The molecular formula is C16H23FN2O3S. The standard InChI is InChI=1S/C16H23FN2O3S/c1-2-13-23(21,22)19-11-9-18(10-12-19)16(20)8-5-14-3-6-15(17)7-4-14/h3-4,6-7H,2,5,8-13H2,1H3. The van der Waals surface area contributed by atoms with Crippen molar-refractivity contribution in [3.63, 3.8) is 0 Å². The lowest BCUT2D eigenvalue weighted by atomic mass is 10.1. The number of piperazine rings is 1. The monoisotopic (exact) mass is 342 g/mol. The summed E-state index contributed by atoms with van der Waals surface area (Å²) in [6.07, 6.45) is 1.51. The van der Waals surface area contributed by atoms with E-state index in [1.807, 2.05) is 6.92 Å². The van der Waals surface area contributed by atoms with Gasteiger partial charge < -0.3 is 4.90 Å². The van der Waals surface area contributed by atoms with Gasteiger partial charge in [0.2, 0.25) is 15.9 Å². The highest BCUT2D eigenvalue weighted by molar-refractivity contribution is 7.89. The van der Waals surface area contributed by atoms with Gasteiger partial charge in [-0.2, -0.15) is 4.31 Å². The molecule has 0 atom stereocenters. The van der Waals surface area contributed by atoms with Crippen LogP contribution in [-0.4, -0.2) is 55.5 Å². The summed E-state index contributed by atoms with van der Waals surface area (Å²) in [6.45, 7) is 3.44. The SMILES string of the molecule is CCCS(=O)(=O)N1CCN(C(=O)CCc2ccc(F)cc2)CC1. The number of rotatable bonds is 6. The third-order valence-electron chi connectivity index (χ3n) is 3.99. The van der Waals surface area contributed by atoms with Crippen LogP contribution in [0.2, 0.25) is 0 Å². The third kappa shape index (κ3) is 5.00. The van der Waals surface area contributed by atoms with E-state index in [1.54, 1.807) is 17.0 Å². The second-order valence-electron chi connectivity index (χ2n) is 5.72. The van der Waals surface area contributed by atoms with Gasteiger partial charge in [0.05, 0.1) is 5.75 Å². The van der Waals surface area contributed by atoms with Crippen molar-refractivity contribution in [2.45, 2.75) is 26.2 Å². The molecule has 0 N–H and O–H groups in total. The summed E-state index contributed by atoms with van der Waals surface area (Å²) in [7, 11) is -3.18. The number of sulfonamides is 1. The fraction of sp³-hybridized carbons (Fsp3) is 0.562. The zero-order valence-electron chi connectivity index (χ0n) is 13.4. The van der Waals surface area contributed by atoms with E-state index in [4.69, 9.17) is 0 Å². The second-order valence-corrected chi connectivity index (χ2v) is 7.81. The fourth-order valence-electron chi connectivity index (χ4n) is 2.66. The molecule has 0 aliphatic carbocycles. The van der Waals surface area contributed by atoms with Crippen molar-refractivity contribution in [1.82, 2.24) is 9.21 Å². The van der Waals surface area contributed by atoms with Gasteiger partial charge in [0.15, 0.2) is 0 Å². The maximum Gasteiger partial charge on any atom is 0.222 e. The van der Waals surface area contributed by atoms with Crippen LogP contribution in [0.1, 0.15) is 25.3 Å². The smallest absolute Gasteiger partial charge is 0.222 e. The summed E-state index contributed by atoms with van der Waals surface area (Å²) in [4.78, 5) is 13.9. The Hall–Kier alpha value is -1.47. The predicted molar refractivity (Wildman–Crippen MR) is 87.0 cm³/mol. The molecule has 1 aromatic rings. The molecule has 2 rings (SSSR count). The van der Waals surface area contributed by atoms with E-state index in [-0.39, 0.29) is 17.5 Å². The number of hydrogen-bond donors (Lipinski definition) is 0. The summed E-state index contributed by atoms with van der Waals surface area (Å²) in [5, 5.41) is 0. The van der Waals surface area contributed by atoms with Crippen molar-refractivity contribution >= 4 is 15.9 Å². The van der Waals surface area contributed by atoms with Gasteiger partial charge in [0.25, 0.3) is 0 Å². The van der Waals surface area contributed by atoms with Crippen LogP contribution in [0.4, 0.5) is 4.39 Å². The number of aryl methyl sites for hydroxylation is 1. The number of nitrogens with zero attached hydrogens (tertiary/aromatic N) is 2. The van der Waals surface area contributed by atoms with Crippen LogP contribution in [0.5, 0.6) is 0 Å². The molecule has 0 spiro atoms. The molecule has 1 heterocycles. The van der Waals surface area contributed by atoms with Crippen LogP contribution in [-0.2, 0) is 21.2 Å². The Kier molecular flexibility index (Phi) is 6.12. The van der Waals surface area contributed by atoms with Gasteiger partial charge in [-0.05, 0) is 30.5 Å². The van der Waals surface area contributed by atoms with Gasteiger partial charge >= 0.3 is 0 Å². The summed E-state index contributed by atoms with van der Waals surface area (Å²) >= 11 is 0. The first-order valence-electron chi connectivity index (χ1n) is 7.92. The van der Waals surface area contributed by atoms with Crippen LogP contribution in [0.3, 0.4) is 0 Å². The maximum atomic E-state index is 12.8. The van der Waals surface area contributed by atoms with E-state index in [2.05, 4.69) is 0 Å². The summed E-state index contributed by atoms with van der Waals surface area (Å²) in [5.74, 6) is -0.114. The zero-order valence-corrected chi connectivity index (χ0v) is 14.2. The molecule has 23 heavy (non-hydrogen) atoms. The second kappa shape index (κ2) is 7.88. The average molecular weight is 342 g/mol. The highest BCUT2D eigenvalue weighted by atomic mass is 32.2. The van der Waals surface area contributed by atoms with Crippen LogP contribution < -0.4 is 0 Å². The summed E-state index contributed by atoms with van der Waals surface area (Å²) < 4.78 is 38.3. The van der Waals surface area contributed by atoms with Crippen LogP contribution in [0, 0.1) is 5.82 Å². The first kappa shape index (κ1) is 17.9. The lowest BCUT2D eigenvalue weighted by Crippen LogP contribution is -2.51. The number of amides is 1. The Morgan fingerprint density at radius 3 is 2.30 bits per heavy atom. The average Bonchev–Trinajstić information content (AvgIpc) is 2.54. The predicted octanol–water partition coefficient (Wildman–Crippen LogP) is 1.64. The fourth-order valence-corrected chi connectivity index (χ4v) is 4.16. The molecule has 1 amide bonds. The normalized spacial score (nSPS) is 16.5. The molecule has 5 nitrogen and oxygen atoms in total. The molecule has 1 aromatic carbocycles. The molecule has 0 aromatic heterocycles. The lowest BCUT2D eigenvalue weighted by Gasteiger charge is -2.34. The number of carbonyl (C=O) groups excluding carboxylic acids is 1. The number of halogens is 1. The molecule has 1 fully saturated rings. The van der Waals surface area contributed by atoms with E-state index >= 15 is 0 Å². The van der Waals surface area contributed by atoms with Crippen LogP contribution >= 0.6 is 0 Å². The molecule has 1 aliphatic heterocycles. The minimum absolute atomic E-state index is 0.0156. The summed E-state index contributed by atoms with van der Waals surface area (Å²) in [5.41, 5.74) is 0.920. The molecule has 0 radical (unpaired) electrons. The van der Waals surface area contributed by atoms with E-state index in [0.717, 1.165) is 5.56 Å². The van der Waals surface area contributed by atoms with Gasteiger partial charge in [0.1, 0.15) is 5.82 Å². The van der Waals surface area contributed by atoms with Crippen molar-refractivity contribution in [3.05, 3.63) is 35.6 Å². The van der Waals surface area contributed by atoms with E-state index in [0.29, 0.717) is 45.4 Å². The molecule has 0 unspecified atom stereocenters. The third-order valence-corrected chi connectivity index (χ3v) is 6.06. The molecule has 0 bridgehead atoms. The first-order valence-corrected chi connectivity index (χ1v) is 9.53. The largest absolute Gasteiger partial charge is 0.340 e. The van der Waals surface area contributed by atoms with Crippen molar-refractivity contribution in [2.24, 2.45) is 0 Å². The quantitative estimate of drug-likeness (QED) is 0.790. The Bertz CT molecular complexity index is 623. The van der Waals surface area contributed by atoms with Gasteiger partial charge in [-0.3, -0.25) is 4.79 Å². The van der Waals surface area contributed by atoms with E-state index in [1.165, 1.54) is 16.4 Å². The first-order chi connectivity index (χ1) is 10.9. The topological polar surface area (TPSA) is 57.7 Å². The Morgan fingerprint density at radius 2 is 1.74 bits per heavy atom. The molecular weight excluding hydrogens is 319 g/mol. The van der Waals surface area contributed by atoms with Crippen molar-refractivity contribution in [3.8, 4) is 0 Å². The zero-order chi connectivity index (χ0) is 16.9. The van der Waals surface area contributed by atoms with Gasteiger partial charge in [-0.25, -0.2) is 12.8 Å².